The highest BCUT2D eigenvalue weighted by Gasteiger charge is 2.51. The van der Waals surface area contributed by atoms with Crippen molar-refractivity contribution >= 4 is 29.6 Å². The molecule has 1 amide bonds. The molecule has 1 fully saturated rings. The Morgan fingerprint density at radius 2 is 1.72 bits per heavy atom. The molecule has 1 aromatic rings. The van der Waals surface area contributed by atoms with Crippen LogP contribution in [-0.2, 0) is 44.5 Å². The number of ether oxygens (including phenoxy) is 6. The second-order valence-corrected chi connectivity index (χ2v) is 9.60. The minimum atomic E-state index is -0.770. The van der Waals surface area contributed by atoms with Crippen molar-refractivity contribution in [3.05, 3.63) is 23.8 Å². The molecule has 2 aliphatic heterocycles. The number of benzene rings is 1. The van der Waals surface area contributed by atoms with Crippen LogP contribution in [0.1, 0.15) is 26.3 Å². The van der Waals surface area contributed by atoms with Gasteiger partial charge in [-0.1, -0.05) is 6.07 Å². The minimum absolute atomic E-state index is 0.139. The normalized spacial score (nSPS) is 24.6. The summed E-state index contributed by atoms with van der Waals surface area (Å²) in [6.45, 7) is 6.99. The SMILES string of the molecule is CC(=O)OC1C(C)OC2Oc3ccc(CC(=O)NCCOCCOCCN)cc3SC2C1OC(C)=O. The number of amides is 1. The first kappa shape index (κ1) is 28.2. The largest absolute Gasteiger partial charge is 0.462 e. The maximum Gasteiger partial charge on any atom is 0.303 e. The van der Waals surface area contributed by atoms with Crippen molar-refractivity contribution in [2.75, 3.05) is 39.5 Å². The van der Waals surface area contributed by atoms with Crippen molar-refractivity contribution in [2.24, 2.45) is 5.73 Å². The van der Waals surface area contributed by atoms with Crippen LogP contribution in [0, 0.1) is 0 Å². The van der Waals surface area contributed by atoms with Gasteiger partial charge in [0.1, 0.15) is 11.0 Å². The molecule has 1 aromatic carbocycles. The van der Waals surface area contributed by atoms with Crippen LogP contribution >= 0.6 is 11.8 Å². The topological polar surface area (TPSA) is 145 Å². The lowest BCUT2D eigenvalue weighted by Crippen LogP contribution is -2.60. The molecule has 0 aliphatic carbocycles. The molecule has 2 aliphatic rings. The number of carbonyl (C=O) groups excluding carboxylic acids is 3. The van der Waals surface area contributed by atoms with Gasteiger partial charge in [-0.25, -0.2) is 0 Å². The Bertz CT molecular complexity index is 916. The molecule has 0 aromatic heterocycles. The smallest absolute Gasteiger partial charge is 0.303 e. The molecular formula is C24H34N2O9S. The summed E-state index contributed by atoms with van der Waals surface area (Å²) in [6, 6.07) is 5.48. The molecule has 1 saturated heterocycles. The predicted molar refractivity (Wildman–Crippen MR) is 130 cm³/mol. The van der Waals surface area contributed by atoms with Gasteiger partial charge in [0.2, 0.25) is 12.2 Å². The molecule has 12 heteroatoms. The van der Waals surface area contributed by atoms with Crippen molar-refractivity contribution < 1.29 is 42.8 Å². The molecule has 0 bridgehead atoms. The van der Waals surface area contributed by atoms with Crippen LogP contribution in [-0.4, -0.2) is 87.2 Å². The number of carbonyl (C=O) groups is 3. The maximum absolute atomic E-state index is 12.4. The van der Waals surface area contributed by atoms with E-state index in [1.54, 1.807) is 13.0 Å². The first-order valence-corrected chi connectivity index (χ1v) is 12.7. The van der Waals surface area contributed by atoms with E-state index < -0.39 is 41.8 Å². The third kappa shape index (κ3) is 8.07. The Kier molecular flexibility index (Phi) is 10.8. The van der Waals surface area contributed by atoms with Gasteiger partial charge in [0, 0.05) is 26.9 Å². The Balaban J connectivity index is 1.58. The zero-order chi connectivity index (χ0) is 26.1. The van der Waals surface area contributed by atoms with Crippen LogP contribution in [0.5, 0.6) is 5.75 Å². The van der Waals surface area contributed by atoms with E-state index in [2.05, 4.69) is 5.32 Å². The van der Waals surface area contributed by atoms with Gasteiger partial charge >= 0.3 is 11.9 Å². The quantitative estimate of drug-likeness (QED) is 0.295. The summed E-state index contributed by atoms with van der Waals surface area (Å²) in [6.07, 6.45) is -2.58. The van der Waals surface area contributed by atoms with E-state index in [1.165, 1.54) is 25.6 Å². The molecule has 5 unspecified atom stereocenters. The summed E-state index contributed by atoms with van der Waals surface area (Å²) in [7, 11) is 0. The molecule has 2 heterocycles. The van der Waals surface area contributed by atoms with Gasteiger partial charge in [-0.05, 0) is 24.6 Å². The van der Waals surface area contributed by atoms with E-state index in [-0.39, 0.29) is 12.3 Å². The van der Waals surface area contributed by atoms with Gasteiger partial charge in [0.15, 0.2) is 12.2 Å². The zero-order valence-electron chi connectivity index (χ0n) is 20.7. The van der Waals surface area contributed by atoms with Gasteiger partial charge in [-0.2, -0.15) is 0 Å². The lowest BCUT2D eigenvalue weighted by atomic mass is 10.0. The zero-order valence-corrected chi connectivity index (χ0v) is 21.5. The van der Waals surface area contributed by atoms with Crippen molar-refractivity contribution in [1.82, 2.24) is 5.32 Å². The van der Waals surface area contributed by atoms with Crippen molar-refractivity contribution in [3.63, 3.8) is 0 Å². The molecule has 11 nitrogen and oxygen atoms in total. The number of fused-ring (bicyclic) bond motifs is 2. The highest BCUT2D eigenvalue weighted by molar-refractivity contribution is 8.00. The van der Waals surface area contributed by atoms with Crippen molar-refractivity contribution in [1.29, 1.82) is 0 Å². The molecule has 3 rings (SSSR count). The summed E-state index contributed by atoms with van der Waals surface area (Å²) in [4.78, 5) is 36.6. The van der Waals surface area contributed by atoms with Crippen LogP contribution < -0.4 is 15.8 Å². The first-order valence-electron chi connectivity index (χ1n) is 11.9. The molecule has 0 radical (unpaired) electrons. The van der Waals surface area contributed by atoms with E-state index >= 15 is 0 Å². The molecular weight excluding hydrogens is 492 g/mol. The Hall–Kier alpha value is -2.38. The number of rotatable bonds is 12. The monoisotopic (exact) mass is 526 g/mol. The van der Waals surface area contributed by atoms with E-state index in [0.29, 0.717) is 45.3 Å². The second kappa shape index (κ2) is 13.8. The lowest BCUT2D eigenvalue weighted by molar-refractivity contribution is -0.231. The molecule has 3 N–H and O–H groups in total. The highest BCUT2D eigenvalue weighted by Crippen LogP contribution is 2.46. The number of hydrogen-bond donors (Lipinski definition) is 2. The summed E-state index contributed by atoms with van der Waals surface area (Å²) >= 11 is 1.41. The summed E-state index contributed by atoms with van der Waals surface area (Å²) in [5.41, 5.74) is 6.14. The van der Waals surface area contributed by atoms with Crippen LogP contribution in [0.15, 0.2) is 23.1 Å². The Morgan fingerprint density at radius 3 is 2.42 bits per heavy atom. The molecule has 5 atom stereocenters. The molecule has 0 saturated carbocycles. The van der Waals surface area contributed by atoms with E-state index in [9.17, 15) is 14.4 Å². The number of hydrogen-bond acceptors (Lipinski definition) is 11. The van der Waals surface area contributed by atoms with E-state index in [4.69, 9.17) is 34.2 Å². The van der Waals surface area contributed by atoms with Gasteiger partial charge in [-0.3, -0.25) is 14.4 Å². The van der Waals surface area contributed by atoms with Gasteiger partial charge < -0.3 is 39.5 Å². The molecule has 200 valence electrons. The summed E-state index contributed by atoms with van der Waals surface area (Å²) in [5.74, 6) is -0.517. The number of esters is 2. The predicted octanol–water partition coefficient (Wildman–Crippen LogP) is 0.799. The van der Waals surface area contributed by atoms with Gasteiger partial charge in [0.05, 0.1) is 43.8 Å². The first-order chi connectivity index (χ1) is 17.3. The third-order valence-electron chi connectivity index (χ3n) is 5.41. The van der Waals surface area contributed by atoms with Gasteiger partial charge in [0.25, 0.3) is 0 Å². The van der Waals surface area contributed by atoms with Gasteiger partial charge in [-0.15, -0.1) is 11.8 Å². The van der Waals surface area contributed by atoms with Crippen LogP contribution in [0.4, 0.5) is 0 Å². The summed E-state index contributed by atoms with van der Waals surface area (Å²) in [5, 5.41) is 2.37. The maximum atomic E-state index is 12.4. The number of nitrogens with one attached hydrogen (secondary N) is 1. The van der Waals surface area contributed by atoms with Crippen molar-refractivity contribution in [2.45, 2.75) is 61.9 Å². The van der Waals surface area contributed by atoms with Crippen molar-refractivity contribution in [3.8, 4) is 5.75 Å². The standard InChI is InChI=1S/C24H34N2O9S/c1-14-21(33-15(2)27)22(34-16(3)28)23-24(32-14)35-18-5-4-17(12-19(18)36-23)13-20(29)26-7-9-31-11-10-30-8-6-25/h4-5,12,14,21-24H,6-11,13,25H2,1-3H3,(H,26,29). The van der Waals surface area contributed by atoms with Crippen LogP contribution in [0.3, 0.4) is 0 Å². The molecule has 36 heavy (non-hydrogen) atoms. The average molecular weight is 527 g/mol. The Labute approximate surface area is 214 Å². The summed E-state index contributed by atoms with van der Waals surface area (Å²) < 4.78 is 33.6. The fourth-order valence-electron chi connectivity index (χ4n) is 3.91. The number of nitrogens with two attached hydrogens (primary N) is 1. The third-order valence-corrected chi connectivity index (χ3v) is 6.75. The van der Waals surface area contributed by atoms with Crippen LogP contribution in [0.2, 0.25) is 0 Å². The lowest BCUT2D eigenvalue weighted by Gasteiger charge is -2.45. The molecule has 0 spiro atoms. The Morgan fingerprint density at radius 1 is 1.03 bits per heavy atom. The fraction of sp³-hybridized carbons (Fsp3) is 0.625. The van der Waals surface area contributed by atoms with Crippen LogP contribution in [0.25, 0.3) is 0 Å². The second-order valence-electron chi connectivity index (χ2n) is 8.38. The minimum Gasteiger partial charge on any atom is -0.462 e. The highest BCUT2D eigenvalue weighted by atomic mass is 32.2. The van der Waals surface area contributed by atoms with E-state index in [1.807, 2.05) is 12.1 Å². The average Bonchev–Trinajstić information content (AvgIpc) is 2.81. The fourth-order valence-corrected chi connectivity index (χ4v) is 5.23. The van der Waals surface area contributed by atoms with E-state index in [0.717, 1.165) is 10.5 Å². The number of thioether (sulfide) groups is 1.